The molecule has 1 aliphatic heterocycles. The normalized spacial score (nSPS) is 15.7. The number of nitrogens with one attached hydrogen (secondary N) is 1. The quantitative estimate of drug-likeness (QED) is 0.784. The number of pyridine rings is 1. The van der Waals surface area contributed by atoms with Crippen LogP contribution in [-0.2, 0) is 0 Å². The maximum Gasteiger partial charge on any atom is 0.143 e. The highest BCUT2D eigenvalue weighted by molar-refractivity contribution is 5.50. The molecule has 0 saturated carbocycles. The summed E-state index contributed by atoms with van der Waals surface area (Å²) in [5, 5.41) is 12.1. The zero-order valence-electron chi connectivity index (χ0n) is 10.0. The molecule has 1 saturated heterocycles. The van der Waals surface area contributed by atoms with Gasteiger partial charge in [0.2, 0.25) is 0 Å². The van der Waals surface area contributed by atoms with Crippen molar-refractivity contribution < 1.29 is 0 Å². The molecule has 4 heteroatoms. The lowest BCUT2D eigenvalue weighted by Crippen LogP contribution is -2.22. The highest BCUT2D eigenvalue weighted by Gasteiger charge is 2.10. The number of likely N-dealkylation sites (tertiary alicyclic amines) is 1. The molecule has 0 aromatic carbocycles. The topological polar surface area (TPSA) is 52.0 Å². The average Bonchev–Trinajstić information content (AvgIpc) is 2.88. The Hall–Kier alpha value is -1.60. The molecule has 0 radical (unpaired) electrons. The third-order valence-electron chi connectivity index (χ3n) is 3.07. The highest BCUT2D eigenvalue weighted by Crippen LogP contribution is 2.10. The van der Waals surface area contributed by atoms with Crippen molar-refractivity contribution in [3.05, 3.63) is 23.9 Å². The van der Waals surface area contributed by atoms with Gasteiger partial charge in [-0.05, 0) is 51.0 Å². The van der Waals surface area contributed by atoms with E-state index >= 15 is 0 Å². The van der Waals surface area contributed by atoms with E-state index in [1.165, 1.54) is 25.9 Å². The summed E-state index contributed by atoms with van der Waals surface area (Å²) in [6.45, 7) is 4.50. The average molecular weight is 230 g/mol. The Morgan fingerprint density at radius 1 is 1.41 bits per heavy atom. The van der Waals surface area contributed by atoms with Crippen LogP contribution in [0.3, 0.4) is 0 Å². The Morgan fingerprint density at radius 2 is 2.24 bits per heavy atom. The van der Waals surface area contributed by atoms with Gasteiger partial charge >= 0.3 is 0 Å². The Bertz CT molecular complexity index is 391. The predicted octanol–water partition coefficient (Wildman–Crippen LogP) is 1.85. The number of nitriles is 1. The van der Waals surface area contributed by atoms with Crippen LogP contribution in [0.4, 0.5) is 5.82 Å². The first-order chi connectivity index (χ1) is 8.40. The number of hydrogen-bond acceptors (Lipinski definition) is 4. The summed E-state index contributed by atoms with van der Waals surface area (Å²) in [4.78, 5) is 6.66. The van der Waals surface area contributed by atoms with E-state index in [1.807, 2.05) is 0 Å². The van der Waals surface area contributed by atoms with Gasteiger partial charge in [-0.1, -0.05) is 0 Å². The van der Waals surface area contributed by atoms with Crippen LogP contribution in [-0.4, -0.2) is 36.1 Å². The minimum absolute atomic E-state index is 0.619. The van der Waals surface area contributed by atoms with Crippen LogP contribution in [0.25, 0.3) is 0 Å². The van der Waals surface area contributed by atoms with Gasteiger partial charge in [0.1, 0.15) is 11.9 Å². The van der Waals surface area contributed by atoms with E-state index in [2.05, 4.69) is 21.3 Å². The molecule has 0 amide bonds. The fourth-order valence-electron chi connectivity index (χ4n) is 2.15. The molecule has 0 unspecified atom stereocenters. The molecule has 1 aromatic heterocycles. The van der Waals surface area contributed by atoms with Crippen LogP contribution in [0, 0.1) is 11.3 Å². The number of rotatable bonds is 5. The van der Waals surface area contributed by atoms with Crippen LogP contribution in [0.1, 0.15) is 24.8 Å². The van der Waals surface area contributed by atoms with Gasteiger partial charge in [0.05, 0.1) is 5.56 Å². The van der Waals surface area contributed by atoms with Crippen molar-refractivity contribution in [2.24, 2.45) is 0 Å². The van der Waals surface area contributed by atoms with Crippen LogP contribution in [0.2, 0.25) is 0 Å². The van der Waals surface area contributed by atoms with Gasteiger partial charge < -0.3 is 10.2 Å². The fourth-order valence-corrected chi connectivity index (χ4v) is 2.15. The molecule has 0 aliphatic carbocycles. The second-order valence-electron chi connectivity index (χ2n) is 4.34. The van der Waals surface area contributed by atoms with Crippen molar-refractivity contribution in [2.75, 3.05) is 31.5 Å². The summed E-state index contributed by atoms with van der Waals surface area (Å²) in [6.07, 6.45) is 5.49. The van der Waals surface area contributed by atoms with Gasteiger partial charge in [-0.25, -0.2) is 4.98 Å². The van der Waals surface area contributed by atoms with Gasteiger partial charge in [0.25, 0.3) is 0 Å². The smallest absolute Gasteiger partial charge is 0.143 e. The first-order valence-electron chi connectivity index (χ1n) is 6.21. The molecular formula is C13H18N4. The SMILES string of the molecule is N#Cc1cccnc1NCCCN1CCCC1. The second-order valence-corrected chi connectivity index (χ2v) is 4.34. The third kappa shape index (κ3) is 3.43. The fraction of sp³-hybridized carbons (Fsp3) is 0.538. The number of hydrogen-bond donors (Lipinski definition) is 1. The second kappa shape index (κ2) is 6.21. The van der Waals surface area contributed by atoms with E-state index in [1.54, 1.807) is 18.3 Å². The Morgan fingerprint density at radius 3 is 3.00 bits per heavy atom. The van der Waals surface area contributed by atoms with E-state index in [0.717, 1.165) is 19.5 Å². The molecule has 1 aliphatic rings. The van der Waals surface area contributed by atoms with E-state index in [0.29, 0.717) is 11.4 Å². The summed E-state index contributed by atoms with van der Waals surface area (Å²) >= 11 is 0. The van der Waals surface area contributed by atoms with Gasteiger partial charge in [0.15, 0.2) is 0 Å². The third-order valence-corrected chi connectivity index (χ3v) is 3.07. The lowest BCUT2D eigenvalue weighted by molar-refractivity contribution is 0.337. The zero-order chi connectivity index (χ0) is 11.9. The molecular weight excluding hydrogens is 212 g/mol. The first-order valence-corrected chi connectivity index (χ1v) is 6.21. The predicted molar refractivity (Wildman–Crippen MR) is 67.7 cm³/mol. The lowest BCUT2D eigenvalue weighted by atomic mass is 10.3. The Labute approximate surface area is 102 Å². The molecule has 0 atom stereocenters. The van der Waals surface area contributed by atoms with Crippen molar-refractivity contribution in [1.82, 2.24) is 9.88 Å². The first kappa shape index (κ1) is 11.9. The summed E-state index contributed by atoms with van der Waals surface area (Å²) in [7, 11) is 0. The highest BCUT2D eigenvalue weighted by atomic mass is 15.1. The molecule has 4 nitrogen and oxygen atoms in total. The van der Waals surface area contributed by atoms with Crippen LogP contribution < -0.4 is 5.32 Å². The van der Waals surface area contributed by atoms with Gasteiger partial charge in [-0.3, -0.25) is 0 Å². The molecule has 1 N–H and O–H groups in total. The van der Waals surface area contributed by atoms with E-state index < -0.39 is 0 Å². The molecule has 90 valence electrons. The molecule has 1 fully saturated rings. The van der Waals surface area contributed by atoms with E-state index in [-0.39, 0.29) is 0 Å². The van der Waals surface area contributed by atoms with Crippen molar-refractivity contribution in [1.29, 1.82) is 5.26 Å². The van der Waals surface area contributed by atoms with Crippen LogP contribution in [0.5, 0.6) is 0 Å². The summed E-state index contributed by atoms with van der Waals surface area (Å²) in [5.41, 5.74) is 0.619. The maximum atomic E-state index is 8.91. The lowest BCUT2D eigenvalue weighted by Gasteiger charge is -2.14. The summed E-state index contributed by atoms with van der Waals surface area (Å²) in [6, 6.07) is 5.72. The maximum absolute atomic E-state index is 8.91. The van der Waals surface area contributed by atoms with Crippen molar-refractivity contribution >= 4 is 5.82 Å². The summed E-state index contributed by atoms with van der Waals surface area (Å²) < 4.78 is 0. The molecule has 0 bridgehead atoms. The minimum atomic E-state index is 0.619. The number of anilines is 1. The molecule has 1 aromatic rings. The van der Waals surface area contributed by atoms with E-state index in [4.69, 9.17) is 5.26 Å². The molecule has 2 rings (SSSR count). The van der Waals surface area contributed by atoms with Gasteiger partial charge in [0, 0.05) is 12.7 Å². The summed E-state index contributed by atoms with van der Waals surface area (Å²) in [5.74, 6) is 0.705. The van der Waals surface area contributed by atoms with Crippen molar-refractivity contribution in [3.8, 4) is 6.07 Å². The molecule has 0 spiro atoms. The van der Waals surface area contributed by atoms with Crippen molar-refractivity contribution in [3.63, 3.8) is 0 Å². The number of aromatic nitrogens is 1. The standard InChI is InChI=1S/C13H18N4/c14-11-12-5-3-6-15-13(12)16-7-4-10-17-8-1-2-9-17/h3,5-6H,1-2,4,7-10H2,(H,15,16). The monoisotopic (exact) mass is 230 g/mol. The molecule has 2 heterocycles. The largest absolute Gasteiger partial charge is 0.369 e. The zero-order valence-corrected chi connectivity index (χ0v) is 10.0. The minimum Gasteiger partial charge on any atom is -0.369 e. The van der Waals surface area contributed by atoms with Crippen molar-refractivity contribution in [2.45, 2.75) is 19.3 Å². The van der Waals surface area contributed by atoms with E-state index in [9.17, 15) is 0 Å². The Kier molecular flexibility index (Phi) is 4.34. The van der Waals surface area contributed by atoms with Gasteiger partial charge in [-0.15, -0.1) is 0 Å². The van der Waals surface area contributed by atoms with Crippen LogP contribution in [0.15, 0.2) is 18.3 Å². The van der Waals surface area contributed by atoms with Gasteiger partial charge in [-0.2, -0.15) is 5.26 Å². The molecule has 17 heavy (non-hydrogen) atoms. The number of nitrogens with zero attached hydrogens (tertiary/aromatic N) is 3. The Balaban J connectivity index is 1.72. The van der Waals surface area contributed by atoms with Crippen LogP contribution >= 0.6 is 0 Å².